The van der Waals surface area contributed by atoms with Gasteiger partial charge in [0.1, 0.15) is 5.82 Å². The third kappa shape index (κ3) is 3.96. The molecule has 1 saturated heterocycles. The maximum atomic E-state index is 10.9. The van der Waals surface area contributed by atoms with E-state index in [1.54, 1.807) is 17.3 Å². The van der Waals surface area contributed by atoms with Crippen LogP contribution < -0.4 is 9.73 Å². The van der Waals surface area contributed by atoms with E-state index in [0.29, 0.717) is 31.2 Å². The van der Waals surface area contributed by atoms with Crippen LogP contribution in [0.25, 0.3) is 0 Å². The fraction of sp³-hybridized carbons (Fsp3) is 0.444. The molecule has 0 unspecified atom stereocenters. The molecule has 1 fully saturated rings. The van der Waals surface area contributed by atoms with Crippen LogP contribution in [0.5, 0.6) is 0 Å². The van der Waals surface area contributed by atoms with Gasteiger partial charge in [-0.15, -0.1) is 4.83 Å². The van der Waals surface area contributed by atoms with Crippen LogP contribution in [0.4, 0.5) is 5.82 Å². The molecule has 100 valence electrons. The molecule has 2 heterocycles. The maximum absolute atomic E-state index is 10.9. The summed E-state index contributed by atoms with van der Waals surface area (Å²) >= 11 is 5.77. The van der Waals surface area contributed by atoms with Crippen molar-refractivity contribution in [3.8, 4) is 0 Å². The molecule has 1 aromatic rings. The average molecular weight is 311 g/mol. The third-order valence-electron chi connectivity index (χ3n) is 2.55. The van der Waals surface area contributed by atoms with Gasteiger partial charge in [0.05, 0.1) is 5.02 Å². The fourth-order valence-corrected chi connectivity index (χ4v) is 2.63. The van der Waals surface area contributed by atoms with E-state index in [1.807, 2.05) is 6.07 Å². The van der Waals surface area contributed by atoms with Gasteiger partial charge in [0.2, 0.25) is 0 Å². The first-order valence-electron chi connectivity index (χ1n) is 5.27. The smallest absolute Gasteiger partial charge is 0.310 e. The largest absolute Gasteiger partial charge is 0.354 e. The summed E-state index contributed by atoms with van der Waals surface area (Å²) in [5.41, 5.74) is 0. The van der Waals surface area contributed by atoms with Crippen molar-refractivity contribution >= 4 is 37.3 Å². The lowest BCUT2D eigenvalue weighted by molar-refractivity contribution is 0.228. The number of aromatic nitrogens is 1. The highest BCUT2D eigenvalue weighted by atomic mass is 35.7. The molecular weight excluding hydrogens is 299 g/mol. The highest BCUT2D eigenvalue weighted by Crippen LogP contribution is 2.15. The summed E-state index contributed by atoms with van der Waals surface area (Å²) < 4.78 is 21.7. The molecule has 0 saturated carbocycles. The Labute approximate surface area is 115 Å². The summed E-state index contributed by atoms with van der Waals surface area (Å²) in [5.74, 6) is 0.827. The van der Waals surface area contributed by atoms with Crippen molar-refractivity contribution in [1.82, 2.24) is 14.8 Å². The Morgan fingerprint density at radius 3 is 2.39 bits per heavy atom. The lowest BCUT2D eigenvalue weighted by Gasteiger charge is -2.34. The minimum absolute atomic E-state index is 0.538. The molecule has 1 N–H and O–H groups in total. The zero-order chi connectivity index (χ0) is 13.2. The molecule has 6 nitrogen and oxygen atoms in total. The summed E-state index contributed by atoms with van der Waals surface area (Å²) in [5, 5.41) is 2.15. The van der Waals surface area contributed by atoms with Gasteiger partial charge in [-0.2, -0.15) is 8.42 Å². The van der Waals surface area contributed by atoms with Gasteiger partial charge >= 0.3 is 9.24 Å². The number of piperazine rings is 1. The van der Waals surface area contributed by atoms with Gasteiger partial charge in [-0.25, -0.2) is 9.99 Å². The highest BCUT2D eigenvalue weighted by molar-refractivity contribution is 8.12. The molecule has 1 aromatic heterocycles. The Morgan fingerprint density at radius 1 is 1.22 bits per heavy atom. The van der Waals surface area contributed by atoms with E-state index >= 15 is 0 Å². The molecule has 0 aromatic carbocycles. The average Bonchev–Trinajstić information content (AvgIpc) is 2.29. The van der Waals surface area contributed by atoms with Gasteiger partial charge in [0, 0.05) is 43.1 Å². The molecule has 2 rings (SSSR count). The van der Waals surface area contributed by atoms with Crippen LogP contribution in [0.15, 0.2) is 18.3 Å². The van der Waals surface area contributed by atoms with Crippen LogP contribution in [0.2, 0.25) is 5.02 Å². The molecule has 0 amide bonds. The number of halogens is 2. The maximum Gasteiger partial charge on any atom is 0.310 e. The van der Waals surface area contributed by atoms with Crippen molar-refractivity contribution in [3.05, 3.63) is 23.4 Å². The molecule has 1 aliphatic rings. The zero-order valence-electron chi connectivity index (χ0n) is 9.38. The zero-order valence-corrected chi connectivity index (χ0v) is 11.7. The van der Waals surface area contributed by atoms with Crippen molar-refractivity contribution in [2.45, 2.75) is 0 Å². The number of hydrogen-bond acceptors (Lipinski definition) is 5. The van der Waals surface area contributed by atoms with Crippen LogP contribution >= 0.6 is 22.3 Å². The van der Waals surface area contributed by atoms with Crippen LogP contribution in [0.1, 0.15) is 0 Å². The quantitative estimate of drug-likeness (QED) is 0.838. The number of rotatable bonds is 3. The monoisotopic (exact) mass is 310 g/mol. The molecule has 0 spiro atoms. The number of nitrogens with one attached hydrogen (secondary N) is 1. The van der Waals surface area contributed by atoms with Crippen LogP contribution in [0.3, 0.4) is 0 Å². The number of anilines is 1. The number of hydrazine groups is 1. The van der Waals surface area contributed by atoms with Gasteiger partial charge in [0.25, 0.3) is 0 Å². The molecule has 0 bridgehead atoms. The molecule has 1 aliphatic heterocycles. The Kier molecular flexibility index (Phi) is 4.29. The number of pyridine rings is 1. The molecule has 9 heteroatoms. The Hall–Kier alpha value is -0.600. The standard InChI is InChI=1S/C9H12Cl2N4O2S/c10-8-1-2-9(12-7-8)14-3-5-15(6-4-14)13-18(11,16)17/h1-2,7,13H,3-6H2. The van der Waals surface area contributed by atoms with Gasteiger partial charge in [-0.3, -0.25) is 0 Å². The summed E-state index contributed by atoms with van der Waals surface area (Å²) in [6.45, 7) is 2.40. The lowest BCUT2D eigenvalue weighted by Crippen LogP contribution is -2.52. The molecular formula is C9H12Cl2N4O2S. The minimum Gasteiger partial charge on any atom is -0.354 e. The molecule has 0 atom stereocenters. The molecule has 18 heavy (non-hydrogen) atoms. The van der Waals surface area contributed by atoms with Crippen LogP contribution in [-0.4, -0.2) is 44.6 Å². The molecule has 0 aliphatic carbocycles. The van der Waals surface area contributed by atoms with Crippen LogP contribution in [0, 0.1) is 0 Å². The molecule has 0 radical (unpaired) electrons. The first kappa shape index (κ1) is 13.8. The minimum atomic E-state index is -3.71. The number of hydrogen-bond donors (Lipinski definition) is 1. The normalized spacial score (nSPS) is 18.0. The third-order valence-corrected chi connectivity index (χ3v) is 3.46. The Morgan fingerprint density at radius 2 is 1.89 bits per heavy atom. The van der Waals surface area contributed by atoms with E-state index in [1.165, 1.54) is 0 Å². The first-order chi connectivity index (χ1) is 8.44. The van der Waals surface area contributed by atoms with Crippen molar-refractivity contribution in [3.63, 3.8) is 0 Å². The van der Waals surface area contributed by atoms with Gasteiger partial charge in [0.15, 0.2) is 0 Å². The summed E-state index contributed by atoms with van der Waals surface area (Å²) in [4.78, 5) is 8.51. The lowest BCUT2D eigenvalue weighted by atomic mass is 10.3. The Balaban J connectivity index is 1.92. The summed E-state index contributed by atoms with van der Waals surface area (Å²) in [7, 11) is 1.40. The predicted octanol–water partition coefficient (Wildman–Crippen LogP) is 0.845. The van der Waals surface area contributed by atoms with Gasteiger partial charge in [-0.05, 0) is 12.1 Å². The van der Waals surface area contributed by atoms with Crippen molar-refractivity contribution < 1.29 is 8.42 Å². The second-order valence-corrected chi connectivity index (χ2v) is 6.55. The Bertz CT molecular complexity index is 500. The second kappa shape index (κ2) is 5.58. The highest BCUT2D eigenvalue weighted by Gasteiger charge is 2.20. The van der Waals surface area contributed by atoms with E-state index in [9.17, 15) is 8.42 Å². The van der Waals surface area contributed by atoms with E-state index in [0.717, 1.165) is 5.82 Å². The second-order valence-electron chi connectivity index (χ2n) is 3.84. The SMILES string of the molecule is O=S(=O)(Cl)NN1CCN(c2ccc(Cl)cn2)CC1. The van der Waals surface area contributed by atoms with Gasteiger partial charge in [-0.1, -0.05) is 11.6 Å². The van der Waals surface area contributed by atoms with Crippen LogP contribution in [-0.2, 0) is 9.24 Å². The van der Waals surface area contributed by atoms with E-state index < -0.39 is 9.24 Å². The fourth-order valence-electron chi connectivity index (χ4n) is 1.74. The topological polar surface area (TPSA) is 65.5 Å². The van der Waals surface area contributed by atoms with E-state index in [-0.39, 0.29) is 0 Å². The van der Waals surface area contributed by atoms with Crippen molar-refractivity contribution in [1.29, 1.82) is 0 Å². The first-order valence-corrected chi connectivity index (χ1v) is 7.96. The number of nitrogens with zero attached hydrogens (tertiary/aromatic N) is 3. The predicted molar refractivity (Wildman–Crippen MR) is 70.9 cm³/mol. The van der Waals surface area contributed by atoms with E-state index in [4.69, 9.17) is 22.3 Å². The van der Waals surface area contributed by atoms with E-state index in [2.05, 4.69) is 14.7 Å². The summed E-state index contributed by atoms with van der Waals surface area (Å²) in [6.07, 6.45) is 1.59. The van der Waals surface area contributed by atoms with Gasteiger partial charge < -0.3 is 4.90 Å². The van der Waals surface area contributed by atoms with Crippen molar-refractivity contribution in [2.75, 3.05) is 31.1 Å². The van der Waals surface area contributed by atoms with Crippen molar-refractivity contribution in [2.24, 2.45) is 0 Å². The summed E-state index contributed by atoms with van der Waals surface area (Å²) in [6, 6.07) is 3.61.